The summed E-state index contributed by atoms with van der Waals surface area (Å²) in [5, 5.41) is 1.52. The van der Waals surface area contributed by atoms with Gasteiger partial charge in [0.05, 0.1) is 10.0 Å². The zero-order valence-electron chi connectivity index (χ0n) is 9.53. The van der Waals surface area contributed by atoms with Crippen LogP contribution in [0.15, 0.2) is 30.3 Å². The standard InChI is InChI=1S/C13H5Cl7/c14-8-1-6(2-9(15)5-8)7-3-10(16)12(11(17)4-7)13(18,19)20/h1-5H. The average molecular weight is 409 g/mol. The third kappa shape index (κ3) is 3.81. The number of benzene rings is 2. The lowest BCUT2D eigenvalue weighted by atomic mass is 10.0. The minimum atomic E-state index is -1.70. The van der Waals surface area contributed by atoms with Crippen LogP contribution in [0, 0.1) is 0 Å². The van der Waals surface area contributed by atoms with E-state index in [1.54, 1.807) is 30.3 Å². The molecule has 2 aromatic rings. The third-order valence-electron chi connectivity index (χ3n) is 2.52. The molecular formula is C13H5Cl7. The molecule has 0 aliphatic heterocycles. The molecule has 0 amide bonds. The van der Waals surface area contributed by atoms with E-state index >= 15 is 0 Å². The van der Waals surface area contributed by atoms with Crippen LogP contribution in [-0.4, -0.2) is 0 Å². The number of hydrogen-bond donors (Lipinski definition) is 0. The fraction of sp³-hybridized carbons (Fsp3) is 0.0769. The van der Waals surface area contributed by atoms with Crippen LogP contribution < -0.4 is 0 Å². The summed E-state index contributed by atoms with van der Waals surface area (Å²) < 4.78 is -1.70. The van der Waals surface area contributed by atoms with Gasteiger partial charge < -0.3 is 0 Å². The van der Waals surface area contributed by atoms with Crippen molar-refractivity contribution >= 4 is 81.2 Å². The van der Waals surface area contributed by atoms with Gasteiger partial charge in [0.2, 0.25) is 3.79 Å². The predicted octanol–water partition coefficient (Wildman–Crippen LogP) is 7.79. The van der Waals surface area contributed by atoms with E-state index in [0.29, 0.717) is 10.0 Å². The summed E-state index contributed by atoms with van der Waals surface area (Å²) in [5.74, 6) is 0. The molecule has 0 aromatic heterocycles. The number of rotatable bonds is 1. The van der Waals surface area contributed by atoms with Crippen molar-refractivity contribution in [1.29, 1.82) is 0 Å². The quantitative estimate of drug-likeness (QED) is 0.422. The Balaban J connectivity index is 2.61. The van der Waals surface area contributed by atoms with Crippen molar-refractivity contribution in [3.63, 3.8) is 0 Å². The van der Waals surface area contributed by atoms with Gasteiger partial charge in [0.1, 0.15) is 0 Å². The molecule has 0 aliphatic carbocycles. The highest BCUT2D eigenvalue weighted by molar-refractivity contribution is 6.67. The maximum absolute atomic E-state index is 6.15. The van der Waals surface area contributed by atoms with Crippen LogP contribution >= 0.6 is 81.2 Å². The van der Waals surface area contributed by atoms with E-state index in [4.69, 9.17) is 81.2 Å². The lowest BCUT2D eigenvalue weighted by molar-refractivity contribution is 1.24. The molecule has 106 valence electrons. The van der Waals surface area contributed by atoms with Gasteiger partial charge in [-0.15, -0.1) is 0 Å². The van der Waals surface area contributed by atoms with E-state index in [1.165, 1.54) is 0 Å². The van der Waals surface area contributed by atoms with E-state index in [-0.39, 0.29) is 15.6 Å². The Morgan fingerprint density at radius 3 is 1.40 bits per heavy atom. The number of hydrogen-bond acceptors (Lipinski definition) is 0. The molecule has 2 aromatic carbocycles. The zero-order valence-corrected chi connectivity index (χ0v) is 14.8. The van der Waals surface area contributed by atoms with E-state index in [9.17, 15) is 0 Å². The van der Waals surface area contributed by atoms with Crippen LogP contribution in [0.5, 0.6) is 0 Å². The molecule has 0 atom stereocenters. The first-order chi connectivity index (χ1) is 9.18. The van der Waals surface area contributed by atoms with Crippen molar-refractivity contribution in [3.8, 4) is 11.1 Å². The summed E-state index contributed by atoms with van der Waals surface area (Å²) >= 11 is 41.7. The summed E-state index contributed by atoms with van der Waals surface area (Å²) in [6, 6.07) is 8.40. The van der Waals surface area contributed by atoms with Gasteiger partial charge in [-0.1, -0.05) is 81.2 Å². The summed E-state index contributed by atoms with van der Waals surface area (Å²) in [6.45, 7) is 0. The van der Waals surface area contributed by atoms with Crippen molar-refractivity contribution in [2.75, 3.05) is 0 Å². The topological polar surface area (TPSA) is 0 Å². The number of halogens is 7. The Hall–Kier alpha value is 0.470. The second kappa shape index (κ2) is 6.30. The van der Waals surface area contributed by atoms with Crippen molar-refractivity contribution in [2.45, 2.75) is 3.79 Å². The molecule has 20 heavy (non-hydrogen) atoms. The highest BCUT2D eigenvalue weighted by Crippen LogP contribution is 2.47. The molecule has 0 spiro atoms. The van der Waals surface area contributed by atoms with Gasteiger partial charge in [-0.3, -0.25) is 0 Å². The smallest absolute Gasteiger partial charge is 0.0843 e. The first-order valence-corrected chi connectivity index (χ1v) is 7.86. The van der Waals surface area contributed by atoms with Crippen LogP contribution in [-0.2, 0) is 3.79 Å². The van der Waals surface area contributed by atoms with Crippen LogP contribution in [0.2, 0.25) is 20.1 Å². The third-order valence-corrected chi connectivity index (χ3v) is 4.12. The molecule has 7 heteroatoms. The molecule has 0 radical (unpaired) electrons. The SMILES string of the molecule is Clc1cc(Cl)cc(-c2cc(Cl)c(C(Cl)(Cl)Cl)c(Cl)c2)c1. The minimum Gasteiger partial charge on any atom is -0.0843 e. The largest absolute Gasteiger partial charge is 0.218 e. The molecule has 0 aliphatic rings. The Kier molecular flexibility index (Phi) is 5.30. The van der Waals surface area contributed by atoms with Gasteiger partial charge in [-0.05, 0) is 41.5 Å². The first kappa shape index (κ1) is 16.8. The average Bonchev–Trinajstić information content (AvgIpc) is 2.24. The Bertz CT molecular complexity index is 615. The second-order valence-electron chi connectivity index (χ2n) is 3.97. The van der Waals surface area contributed by atoms with E-state index < -0.39 is 3.79 Å². The Labute approximate surface area is 151 Å². The van der Waals surface area contributed by atoms with Gasteiger partial charge in [0.25, 0.3) is 0 Å². The Morgan fingerprint density at radius 2 is 1.00 bits per heavy atom. The summed E-state index contributed by atoms with van der Waals surface area (Å²) in [5.41, 5.74) is 1.73. The highest BCUT2D eigenvalue weighted by Gasteiger charge is 2.29. The molecule has 0 bridgehead atoms. The fourth-order valence-corrected chi connectivity index (χ4v) is 3.93. The lowest BCUT2D eigenvalue weighted by Crippen LogP contribution is -2.02. The molecule has 0 nitrogen and oxygen atoms in total. The summed E-state index contributed by atoms with van der Waals surface area (Å²) in [7, 11) is 0. The maximum Gasteiger partial charge on any atom is 0.218 e. The molecule has 0 saturated carbocycles. The molecule has 0 fully saturated rings. The molecule has 0 heterocycles. The normalized spacial score (nSPS) is 11.8. The lowest BCUT2D eigenvalue weighted by Gasteiger charge is -2.16. The molecular weight excluding hydrogens is 404 g/mol. The summed E-state index contributed by atoms with van der Waals surface area (Å²) in [4.78, 5) is 0. The molecule has 2 rings (SSSR count). The molecule has 0 saturated heterocycles. The van der Waals surface area contributed by atoms with Gasteiger partial charge in [-0.2, -0.15) is 0 Å². The van der Waals surface area contributed by atoms with Gasteiger partial charge in [0, 0.05) is 15.6 Å². The predicted molar refractivity (Wildman–Crippen MR) is 91.2 cm³/mol. The van der Waals surface area contributed by atoms with Crippen molar-refractivity contribution in [3.05, 3.63) is 56.0 Å². The van der Waals surface area contributed by atoms with Crippen molar-refractivity contribution < 1.29 is 0 Å². The van der Waals surface area contributed by atoms with Gasteiger partial charge in [0.15, 0.2) is 0 Å². The van der Waals surface area contributed by atoms with Crippen LogP contribution in [0.25, 0.3) is 11.1 Å². The highest BCUT2D eigenvalue weighted by atomic mass is 35.6. The Morgan fingerprint density at radius 1 is 0.600 bits per heavy atom. The number of alkyl halides is 3. The van der Waals surface area contributed by atoms with Crippen molar-refractivity contribution in [2.24, 2.45) is 0 Å². The van der Waals surface area contributed by atoms with Crippen LogP contribution in [0.4, 0.5) is 0 Å². The van der Waals surface area contributed by atoms with E-state index in [2.05, 4.69) is 0 Å². The van der Waals surface area contributed by atoms with Crippen LogP contribution in [0.1, 0.15) is 5.56 Å². The molecule has 0 unspecified atom stereocenters. The van der Waals surface area contributed by atoms with E-state index in [0.717, 1.165) is 11.1 Å². The van der Waals surface area contributed by atoms with Gasteiger partial charge in [-0.25, -0.2) is 0 Å². The monoisotopic (exact) mass is 406 g/mol. The maximum atomic E-state index is 6.15. The minimum absolute atomic E-state index is 0.239. The van der Waals surface area contributed by atoms with Crippen molar-refractivity contribution in [1.82, 2.24) is 0 Å². The van der Waals surface area contributed by atoms with E-state index in [1.807, 2.05) is 0 Å². The first-order valence-electron chi connectivity index (χ1n) is 5.21. The summed E-state index contributed by atoms with van der Waals surface area (Å²) in [6.07, 6.45) is 0. The molecule has 0 N–H and O–H groups in total. The fourth-order valence-electron chi connectivity index (χ4n) is 1.73. The second-order valence-corrected chi connectivity index (χ2v) is 7.94. The van der Waals surface area contributed by atoms with Gasteiger partial charge >= 0.3 is 0 Å². The zero-order chi connectivity index (χ0) is 15.1. The van der Waals surface area contributed by atoms with Crippen LogP contribution in [0.3, 0.4) is 0 Å².